The lowest BCUT2D eigenvalue weighted by molar-refractivity contribution is -0.129. The molecule has 3 rings (SSSR count). The average Bonchev–Trinajstić information content (AvgIpc) is 3.29. The third-order valence-electron chi connectivity index (χ3n) is 4.22. The van der Waals surface area contributed by atoms with Gasteiger partial charge in [-0.2, -0.15) is 0 Å². The summed E-state index contributed by atoms with van der Waals surface area (Å²) in [6.07, 6.45) is 1.16. The maximum absolute atomic E-state index is 12.4. The van der Waals surface area contributed by atoms with Crippen LogP contribution in [-0.4, -0.2) is 51.8 Å². The maximum atomic E-state index is 12.4. The van der Waals surface area contributed by atoms with Gasteiger partial charge < -0.3 is 14.8 Å². The minimum atomic E-state index is -0.921. The lowest BCUT2D eigenvalue weighted by Gasteiger charge is -2.14. The standard InChI is InChI=1S/C20H21N5O4/c1-14(19(26)21-11-10-15-6-8-18(28-2)9-7-15)29-20(27)16-4-3-5-17(12-16)25-13-22-23-24-25/h3-9,12-14H,10-11H2,1-2H3,(H,21,26)/t14-/m1/s1. The largest absolute Gasteiger partial charge is 0.497 e. The molecule has 1 amide bonds. The number of amides is 1. The van der Waals surface area contributed by atoms with Crippen molar-refractivity contribution in [1.82, 2.24) is 25.5 Å². The Labute approximate surface area is 167 Å². The van der Waals surface area contributed by atoms with Crippen molar-refractivity contribution < 1.29 is 19.1 Å². The van der Waals surface area contributed by atoms with E-state index in [0.29, 0.717) is 24.2 Å². The topological polar surface area (TPSA) is 108 Å². The monoisotopic (exact) mass is 395 g/mol. The summed E-state index contributed by atoms with van der Waals surface area (Å²) in [4.78, 5) is 24.6. The number of nitrogens with zero attached hydrogens (tertiary/aromatic N) is 4. The van der Waals surface area contributed by atoms with Crippen molar-refractivity contribution >= 4 is 11.9 Å². The van der Waals surface area contributed by atoms with E-state index in [4.69, 9.17) is 9.47 Å². The third-order valence-corrected chi connectivity index (χ3v) is 4.22. The van der Waals surface area contributed by atoms with Crippen LogP contribution in [0.3, 0.4) is 0 Å². The normalized spacial score (nSPS) is 11.5. The van der Waals surface area contributed by atoms with E-state index in [0.717, 1.165) is 11.3 Å². The van der Waals surface area contributed by atoms with Crippen LogP contribution in [0.2, 0.25) is 0 Å². The molecule has 0 bridgehead atoms. The summed E-state index contributed by atoms with van der Waals surface area (Å²) in [6.45, 7) is 1.97. The van der Waals surface area contributed by atoms with E-state index in [2.05, 4.69) is 20.8 Å². The number of carbonyl (C=O) groups excluding carboxylic acids is 2. The van der Waals surface area contributed by atoms with E-state index < -0.39 is 12.1 Å². The Hall–Kier alpha value is -3.75. The van der Waals surface area contributed by atoms with Crippen molar-refractivity contribution in [3.63, 3.8) is 0 Å². The molecule has 9 heteroatoms. The molecule has 0 aliphatic rings. The Morgan fingerprint density at radius 2 is 1.97 bits per heavy atom. The molecule has 1 atom stereocenters. The summed E-state index contributed by atoms with van der Waals surface area (Å²) in [5.41, 5.74) is 1.98. The first-order valence-electron chi connectivity index (χ1n) is 9.02. The van der Waals surface area contributed by atoms with Gasteiger partial charge in [0.25, 0.3) is 5.91 Å². The Kier molecular flexibility index (Phi) is 6.51. The molecular weight excluding hydrogens is 374 g/mol. The lowest BCUT2D eigenvalue weighted by Crippen LogP contribution is -2.36. The zero-order valence-electron chi connectivity index (χ0n) is 16.1. The Morgan fingerprint density at radius 1 is 1.17 bits per heavy atom. The second-order valence-electron chi connectivity index (χ2n) is 6.24. The van der Waals surface area contributed by atoms with Crippen LogP contribution in [0.25, 0.3) is 5.69 Å². The molecule has 0 unspecified atom stereocenters. The summed E-state index contributed by atoms with van der Waals surface area (Å²) < 4.78 is 11.8. The molecule has 0 radical (unpaired) electrons. The fraction of sp³-hybridized carbons (Fsp3) is 0.250. The number of ether oxygens (including phenoxy) is 2. The smallest absolute Gasteiger partial charge is 0.338 e. The molecule has 3 aromatic rings. The molecule has 1 aromatic heterocycles. The van der Waals surface area contributed by atoms with E-state index in [9.17, 15) is 9.59 Å². The number of methoxy groups -OCH3 is 1. The predicted molar refractivity (Wildman–Crippen MR) is 104 cm³/mol. The van der Waals surface area contributed by atoms with Crippen LogP contribution in [-0.2, 0) is 16.0 Å². The van der Waals surface area contributed by atoms with Gasteiger partial charge in [0.15, 0.2) is 6.10 Å². The first-order chi connectivity index (χ1) is 14.1. The van der Waals surface area contributed by atoms with Crippen LogP contribution < -0.4 is 10.1 Å². The second-order valence-corrected chi connectivity index (χ2v) is 6.24. The number of nitrogens with one attached hydrogen (secondary N) is 1. The third kappa shape index (κ3) is 5.38. The number of esters is 1. The summed E-state index contributed by atoms with van der Waals surface area (Å²) in [5, 5.41) is 13.7. The van der Waals surface area contributed by atoms with Crippen LogP contribution in [0, 0.1) is 0 Å². The van der Waals surface area contributed by atoms with Crippen LogP contribution in [0.5, 0.6) is 5.75 Å². The number of aromatic nitrogens is 4. The van der Waals surface area contributed by atoms with Gasteiger partial charge in [-0.15, -0.1) is 5.10 Å². The van der Waals surface area contributed by atoms with Gasteiger partial charge in [0, 0.05) is 6.54 Å². The predicted octanol–water partition coefficient (Wildman–Crippen LogP) is 1.58. The van der Waals surface area contributed by atoms with Gasteiger partial charge in [0.2, 0.25) is 0 Å². The van der Waals surface area contributed by atoms with Gasteiger partial charge in [0.1, 0.15) is 12.1 Å². The van der Waals surface area contributed by atoms with Crippen molar-refractivity contribution in [1.29, 1.82) is 0 Å². The van der Waals surface area contributed by atoms with E-state index in [1.54, 1.807) is 31.4 Å². The van der Waals surface area contributed by atoms with Crippen molar-refractivity contribution in [3.05, 3.63) is 66.0 Å². The Morgan fingerprint density at radius 3 is 2.66 bits per heavy atom. The summed E-state index contributed by atoms with van der Waals surface area (Å²) >= 11 is 0. The van der Waals surface area contributed by atoms with Gasteiger partial charge in [-0.05, 0) is 59.7 Å². The summed E-state index contributed by atoms with van der Waals surface area (Å²) in [6, 6.07) is 14.2. The fourth-order valence-corrected chi connectivity index (χ4v) is 2.60. The molecule has 0 saturated heterocycles. The van der Waals surface area contributed by atoms with Crippen LogP contribution >= 0.6 is 0 Å². The number of hydrogen-bond acceptors (Lipinski definition) is 7. The van der Waals surface area contributed by atoms with Crippen molar-refractivity contribution in [2.45, 2.75) is 19.4 Å². The van der Waals surface area contributed by atoms with Gasteiger partial charge in [-0.1, -0.05) is 18.2 Å². The molecule has 9 nitrogen and oxygen atoms in total. The molecule has 150 valence electrons. The number of rotatable bonds is 8. The molecule has 0 aliphatic carbocycles. The van der Waals surface area contributed by atoms with E-state index >= 15 is 0 Å². The van der Waals surface area contributed by atoms with Crippen molar-refractivity contribution in [2.75, 3.05) is 13.7 Å². The minimum Gasteiger partial charge on any atom is -0.497 e. The first kappa shape index (κ1) is 20.0. The summed E-state index contributed by atoms with van der Waals surface area (Å²) in [5.74, 6) is -0.177. The molecule has 29 heavy (non-hydrogen) atoms. The highest BCUT2D eigenvalue weighted by atomic mass is 16.5. The minimum absolute atomic E-state index is 0.302. The fourth-order valence-electron chi connectivity index (χ4n) is 2.60. The molecular formula is C20H21N5O4. The number of benzene rings is 2. The van der Waals surface area contributed by atoms with Crippen molar-refractivity contribution in [2.24, 2.45) is 0 Å². The van der Waals surface area contributed by atoms with E-state index in [1.165, 1.54) is 17.9 Å². The van der Waals surface area contributed by atoms with Crippen LogP contribution in [0.4, 0.5) is 0 Å². The zero-order chi connectivity index (χ0) is 20.6. The quantitative estimate of drug-likeness (QED) is 0.577. The molecule has 0 fully saturated rings. The molecule has 0 spiro atoms. The van der Waals surface area contributed by atoms with Gasteiger partial charge in [-0.3, -0.25) is 4.79 Å². The zero-order valence-corrected chi connectivity index (χ0v) is 16.1. The molecule has 1 N–H and O–H groups in total. The van der Waals surface area contributed by atoms with Gasteiger partial charge in [-0.25, -0.2) is 9.48 Å². The highest BCUT2D eigenvalue weighted by molar-refractivity contribution is 5.92. The average molecular weight is 395 g/mol. The van der Waals surface area contributed by atoms with Gasteiger partial charge in [0.05, 0.1) is 18.4 Å². The van der Waals surface area contributed by atoms with Crippen LogP contribution in [0.1, 0.15) is 22.8 Å². The first-order valence-corrected chi connectivity index (χ1v) is 9.02. The van der Waals surface area contributed by atoms with Crippen LogP contribution in [0.15, 0.2) is 54.9 Å². The van der Waals surface area contributed by atoms with Crippen molar-refractivity contribution in [3.8, 4) is 11.4 Å². The van der Waals surface area contributed by atoms with Gasteiger partial charge >= 0.3 is 5.97 Å². The van der Waals surface area contributed by atoms with E-state index in [1.807, 2.05) is 24.3 Å². The van der Waals surface area contributed by atoms with E-state index in [-0.39, 0.29) is 5.91 Å². The molecule has 0 aliphatic heterocycles. The summed E-state index contributed by atoms with van der Waals surface area (Å²) in [7, 11) is 1.61. The molecule has 1 heterocycles. The highest BCUT2D eigenvalue weighted by Gasteiger charge is 2.19. The maximum Gasteiger partial charge on any atom is 0.338 e. The highest BCUT2D eigenvalue weighted by Crippen LogP contribution is 2.12. The Balaban J connectivity index is 1.50. The molecule has 2 aromatic carbocycles. The lowest BCUT2D eigenvalue weighted by atomic mass is 10.1. The second kappa shape index (κ2) is 9.45. The SMILES string of the molecule is COc1ccc(CCNC(=O)[C@@H](C)OC(=O)c2cccc(-n3cnnn3)c2)cc1. The molecule has 0 saturated carbocycles. The number of tetrazole rings is 1. The number of hydrogen-bond donors (Lipinski definition) is 1. The number of carbonyl (C=O) groups is 2. The Bertz CT molecular complexity index is 957.